The number of sulfonamides is 1. The highest BCUT2D eigenvalue weighted by molar-refractivity contribution is 7.92. The average Bonchev–Trinajstić information content (AvgIpc) is 2.97. The Hall–Kier alpha value is -2.87. The number of anilines is 1. The standard InChI is InChI=1S/C26H36N4O3S/c1-5-6-7-8-20-11-15-23(16-12-20)34(32,33)29-22-13-9-21(10-14-22)18-30-24(31)26(4,17-19(2)3)28-25(30)27/h9-16,19,29H,5-8,17-18H2,1-4H3,(H2,27,28). The maximum absolute atomic E-state index is 12.9. The van der Waals surface area contributed by atoms with Gasteiger partial charge in [-0.2, -0.15) is 0 Å². The van der Waals surface area contributed by atoms with Crippen LogP contribution in [-0.2, 0) is 27.8 Å². The molecule has 1 aliphatic rings. The number of nitrogens with zero attached hydrogens (tertiary/aromatic N) is 1. The molecule has 0 spiro atoms. The molecule has 1 aliphatic heterocycles. The third-order valence-electron chi connectivity index (χ3n) is 6.05. The van der Waals surface area contributed by atoms with Crippen LogP contribution in [0.3, 0.4) is 0 Å². The van der Waals surface area contributed by atoms with E-state index in [4.69, 9.17) is 5.41 Å². The minimum Gasteiger partial charge on any atom is -0.342 e. The fourth-order valence-electron chi connectivity index (χ4n) is 4.38. The molecular weight excluding hydrogens is 448 g/mol. The van der Waals surface area contributed by atoms with Crippen molar-refractivity contribution in [2.24, 2.45) is 5.92 Å². The number of benzene rings is 2. The minimum absolute atomic E-state index is 0.0936. The van der Waals surface area contributed by atoms with Crippen LogP contribution in [0.5, 0.6) is 0 Å². The summed E-state index contributed by atoms with van der Waals surface area (Å²) in [5, 5.41) is 11.2. The Morgan fingerprint density at radius 3 is 2.24 bits per heavy atom. The van der Waals surface area contributed by atoms with Crippen LogP contribution in [0.1, 0.15) is 64.5 Å². The lowest BCUT2D eigenvalue weighted by Gasteiger charge is -2.24. The van der Waals surface area contributed by atoms with Gasteiger partial charge >= 0.3 is 0 Å². The van der Waals surface area contributed by atoms with E-state index in [0.717, 1.165) is 30.4 Å². The monoisotopic (exact) mass is 484 g/mol. The average molecular weight is 485 g/mol. The highest BCUT2D eigenvalue weighted by atomic mass is 32.2. The zero-order chi connectivity index (χ0) is 24.9. The van der Waals surface area contributed by atoms with Gasteiger partial charge in [-0.1, -0.05) is 57.9 Å². The molecule has 184 valence electrons. The molecule has 1 heterocycles. The zero-order valence-corrected chi connectivity index (χ0v) is 21.3. The third kappa shape index (κ3) is 6.17. The molecule has 0 aliphatic carbocycles. The van der Waals surface area contributed by atoms with Crippen LogP contribution in [0, 0.1) is 11.3 Å². The van der Waals surface area contributed by atoms with Gasteiger partial charge in [-0.3, -0.25) is 19.8 Å². The second kappa shape index (κ2) is 10.6. The van der Waals surface area contributed by atoms with Crippen molar-refractivity contribution in [2.75, 3.05) is 4.72 Å². The summed E-state index contributed by atoms with van der Waals surface area (Å²) in [6, 6.07) is 13.9. The fraction of sp³-hybridized carbons (Fsp3) is 0.462. The van der Waals surface area contributed by atoms with Crippen molar-refractivity contribution in [3.63, 3.8) is 0 Å². The maximum atomic E-state index is 12.9. The molecule has 7 nitrogen and oxygen atoms in total. The summed E-state index contributed by atoms with van der Waals surface area (Å²) >= 11 is 0. The van der Waals surface area contributed by atoms with E-state index in [-0.39, 0.29) is 23.3 Å². The van der Waals surface area contributed by atoms with Crippen molar-refractivity contribution in [3.8, 4) is 0 Å². The van der Waals surface area contributed by atoms with Crippen molar-refractivity contribution in [3.05, 3.63) is 59.7 Å². The summed E-state index contributed by atoms with van der Waals surface area (Å²) in [6.45, 7) is 8.35. The quantitative estimate of drug-likeness (QED) is 0.395. The summed E-state index contributed by atoms with van der Waals surface area (Å²) in [6.07, 6.45) is 5.01. The number of carbonyl (C=O) groups is 1. The van der Waals surface area contributed by atoms with Crippen molar-refractivity contribution in [2.45, 2.75) is 76.8 Å². The lowest BCUT2D eigenvalue weighted by atomic mass is 9.91. The number of hydrogen-bond acceptors (Lipinski definition) is 4. The van der Waals surface area contributed by atoms with E-state index in [1.807, 2.05) is 32.9 Å². The molecule has 8 heteroatoms. The van der Waals surface area contributed by atoms with Gasteiger partial charge in [0.05, 0.1) is 11.4 Å². The Kier molecular flexibility index (Phi) is 8.02. The smallest absolute Gasteiger partial charge is 0.261 e. The van der Waals surface area contributed by atoms with E-state index in [2.05, 4.69) is 17.0 Å². The molecule has 3 rings (SSSR count). The van der Waals surface area contributed by atoms with Gasteiger partial charge in [-0.25, -0.2) is 8.42 Å². The van der Waals surface area contributed by atoms with Crippen LogP contribution in [0.15, 0.2) is 53.4 Å². The van der Waals surface area contributed by atoms with Gasteiger partial charge in [0.15, 0.2) is 5.96 Å². The predicted molar refractivity (Wildman–Crippen MR) is 136 cm³/mol. The fourth-order valence-corrected chi connectivity index (χ4v) is 5.44. The Morgan fingerprint density at radius 1 is 1.03 bits per heavy atom. The van der Waals surface area contributed by atoms with E-state index in [0.29, 0.717) is 18.0 Å². The molecule has 1 atom stereocenters. The minimum atomic E-state index is -3.69. The first-order valence-electron chi connectivity index (χ1n) is 11.9. The Bertz CT molecular complexity index is 1110. The number of aryl methyl sites for hydroxylation is 1. The lowest BCUT2D eigenvalue weighted by Crippen LogP contribution is -2.44. The number of hydrogen-bond donors (Lipinski definition) is 3. The SMILES string of the molecule is CCCCCc1ccc(S(=O)(=O)Nc2ccc(CN3C(=N)NC(C)(CC(C)C)C3=O)cc2)cc1. The number of guanidine groups is 1. The molecule has 3 N–H and O–H groups in total. The lowest BCUT2D eigenvalue weighted by molar-refractivity contribution is -0.131. The molecule has 1 fully saturated rings. The normalized spacial score (nSPS) is 18.4. The van der Waals surface area contributed by atoms with Crippen molar-refractivity contribution in [1.82, 2.24) is 10.2 Å². The first-order valence-corrected chi connectivity index (χ1v) is 13.4. The Labute approximate surface area is 203 Å². The highest BCUT2D eigenvalue weighted by Gasteiger charge is 2.45. The zero-order valence-electron chi connectivity index (χ0n) is 20.5. The van der Waals surface area contributed by atoms with E-state index in [1.54, 1.807) is 36.4 Å². The van der Waals surface area contributed by atoms with Gasteiger partial charge in [0.25, 0.3) is 15.9 Å². The van der Waals surface area contributed by atoms with Crippen LogP contribution < -0.4 is 10.0 Å². The molecule has 0 bridgehead atoms. The summed E-state index contributed by atoms with van der Waals surface area (Å²) in [5.41, 5.74) is 1.62. The summed E-state index contributed by atoms with van der Waals surface area (Å²) in [7, 11) is -3.69. The molecule has 1 unspecified atom stereocenters. The summed E-state index contributed by atoms with van der Waals surface area (Å²) in [5.74, 6) is 0.295. The number of unbranched alkanes of at least 4 members (excludes halogenated alkanes) is 2. The van der Waals surface area contributed by atoms with E-state index in [1.165, 1.54) is 11.3 Å². The van der Waals surface area contributed by atoms with Gasteiger partial charge < -0.3 is 5.32 Å². The number of carbonyl (C=O) groups excluding carboxylic acids is 1. The molecular formula is C26H36N4O3S. The molecule has 1 amide bonds. The molecule has 2 aromatic rings. The number of nitrogens with one attached hydrogen (secondary N) is 3. The van der Waals surface area contributed by atoms with Crippen molar-refractivity contribution >= 4 is 27.6 Å². The predicted octanol–water partition coefficient (Wildman–Crippen LogP) is 4.89. The van der Waals surface area contributed by atoms with Gasteiger partial charge in [0, 0.05) is 5.69 Å². The topological polar surface area (TPSA) is 102 Å². The van der Waals surface area contributed by atoms with Crippen LogP contribution in [0.25, 0.3) is 0 Å². The summed E-state index contributed by atoms with van der Waals surface area (Å²) in [4.78, 5) is 14.6. The Morgan fingerprint density at radius 2 is 1.65 bits per heavy atom. The number of amides is 1. The molecule has 34 heavy (non-hydrogen) atoms. The second-order valence-electron chi connectivity index (χ2n) is 9.70. The van der Waals surface area contributed by atoms with E-state index >= 15 is 0 Å². The van der Waals surface area contributed by atoms with Gasteiger partial charge in [-0.15, -0.1) is 0 Å². The van der Waals surface area contributed by atoms with Gasteiger partial charge in [-0.05, 0) is 67.5 Å². The van der Waals surface area contributed by atoms with Gasteiger partial charge in [0.1, 0.15) is 5.54 Å². The molecule has 0 radical (unpaired) electrons. The molecule has 1 saturated heterocycles. The van der Waals surface area contributed by atoms with Gasteiger partial charge in [0.2, 0.25) is 0 Å². The van der Waals surface area contributed by atoms with Crippen LogP contribution in [0.2, 0.25) is 0 Å². The Balaban J connectivity index is 1.63. The summed E-state index contributed by atoms with van der Waals surface area (Å²) < 4.78 is 28.2. The first-order chi connectivity index (χ1) is 16.0. The molecule has 0 aromatic heterocycles. The van der Waals surface area contributed by atoms with Crippen LogP contribution >= 0.6 is 0 Å². The van der Waals surface area contributed by atoms with Crippen molar-refractivity contribution < 1.29 is 13.2 Å². The maximum Gasteiger partial charge on any atom is 0.261 e. The number of rotatable bonds is 11. The van der Waals surface area contributed by atoms with Crippen LogP contribution in [0.4, 0.5) is 5.69 Å². The van der Waals surface area contributed by atoms with Crippen LogP contribution in [-0.4, -0.2) is 30.7 Å². The molecule has 2 aromatic carbocycles. The largest absolute Gasteiger partial charge is 0.342 e. The van der Waals surface area contributed by atoms with Crippen molar-refractivity contribution in [1.29, 1.82) is 5.41 Å². The second-order valence-corrected chi connectivity index (χ2v) is 11.4. The first kappa shape index (κ1) is 25.7. The highest BCUT2D eigenvalue weighted by Crippen LogP contribution is 2.26. The van der Waals surface area contributed by atoms with E-state index < -0.39 is 15.6 Å². The third-order valence-corrected chi connectivity index (χ3v) is 7.44. The van der Waals surface area contributed by atoms with E-state index in [9.17, 15) is 13.2 Å². The molecule has 0 saturated carbocycles.